The standard InChI is InChI=1S/C25H22N2O4/c1-31-20-8-3-2-7-19(20)26-23(28)13-5-4-6-14(11-13)27-24(29)21-15-9-10-16(18-12-17(15)18)22(21)25(27)30/h2-11,15-18,21-22H,12H2,1H3,(H,26,28)/t15-,16+,17-,18-,21+,22+/m1/s1. The fourth-order valence-corrected chi connectivity index (χ4v) is 5.94. The number of anilines is 2. The SMILES string of the molecule is COc1ccccc1NC(=O)c1cccc(N2C(=O)[C@H]3[C@@H]4C=C[C@@H]([C@H]5C[C@H]45)[C@@H]3C2=O)c1. The smallest absolute Gasteiger partial charge is 0.255 e. The third-order valence-corrected chi connectivity index (χ3v) is 7.38. The van der Waals surface area contributed by atoms with Crippen molar-refractivity contribution in [1.82, 2.24) is 0 Å². The van der Waals surface area contributed by atoms with Crippen LogP contribution in [0.25, 0.3) is 0 Å². The molecule has 3 amide bonds. The van der Waals surface area contributed by atoms with Crippen molar-refractivity contribution in [3.05, 3.63) is 66.2 Å². The number of carbonyl (C=O) groups excluding carboxylic acids is 3. The molecule has 156 valence electrons. The van der Waals surface area contributed by atoms with Gasteiger partial charge in [-0.05, 0) is 60.4 Å². The number of hydrogen-bond donors (Lipinski definition) is 1. The summed E-state index contributed by atoms with van der Waals surface area (Å²) in [5.41, 5.74) is 1.40. The van der Waals surface area contributed by atoms with Gasteiger partial charge >= 0.3 is 0 Å². The van der Waals surface area contributed by atoms with Crippen LogP contribution >= 0.6 is 0 Å². The van der Waals surface area contributed by atoms with E-state index in [0.29, 0.717) is 34.5 Å². The van der Waals surface area contributed by atoms with Crippen LogP contribution in [0.1, 0.15) is 16.8 Å². The summed E-state index contributed by atoms with van der Waals surface area (Å²) in [6, 6.07) is 13.9. The average molecular weight is 414 g/mol. The number of nitrogens with one attached hydrogen (secondary N) is 1. The Labute approximate surface area is 179 Å². The fraction of sp³-hybridized carbons (Fsp3) is 0.320. The Bertz CT molecular complexity index is 1120. The number of hydrogen-bond acceptors (Lipinski definition) is 4. The lowest BCUT2D eigenvalue weighted by atomic mass is 9.63. The average Bonchev–Trinajstić information content (AvgIpc) is 3.57. The van der Waals surface area contributed by atoms with Crippen LogP contribution in [0.5, 0.6) is 5.75 Å². The topological polar surface area (TPSA) is 75.7 Å². The van der Waals surface area contributed by atoms with Crippen molar-refractivity contribution in [2.45, 2.75) is 6.42 Å². The maximum atomic E-state index is 13.3. The second kappa shape index (κ2) is 6.54. The van der Waals surface area contributed by atoms with Gasteiger partial charge in [0.15, 0.2) is 0 Å². The van der Waals surface area contributed by atoms with Gasteiger partial charge in [0.05, 0.1) is 30.3 Å². The van der Waals surface area contributed by atoms with Crippen molar-refractivity contribution >= 4 is 29.1 Å². The van der Waals surface area contributed by atoms with Crippen LogP contribution in [0.3, 0.4) is 0 Å². The van der Waals surface area contributed by atoms with Crippen LogP contribution in [0.4, 0.5) is 11.4 Å². The zero-order valence-corrected chi connectivity index (χ0v) is 17.0. The van der Waals surface area contributed by atoms with E-state index in [1.807, 2.05) is 12.1 Å². The second-order valence-electron chi connectivity index (χ2n) is 8.87. The highest BCUT2D eigenvalue weighted by Crippen LogP contribution is 2.65. The Morgan fingerprint density at radius 3 is 2.32 bits per heavy atom. The minimum atomic E-state index is -0.328. The summed E-state index contributed by atoms with van der Waals surface area (Å²) in [5, 5.41) is 2.84. The van der Waals surface area contributed by atoms with E-state index < -0.39 is 0 Å². The number of ether oxygens (including phenoxy) is 1. The van der Waals surface area contributed by atoms with Crippen LogP contribution in [0, 0.1) is 35.5 Å². The Morgan fingerprint density at radius 1 is 0.968 bits per heavy atom. The summed E-state index contributed by atoms with van der Waals surface area (Å²) in [4.78, 5) is 40.8. The predicted molar refractivity (Wildman–Crippen MR) is 115 cm³/mol. The Balaban J connectivity index is 1.29. The molecule has 1 aliphatic heterocycles. The van der Waals surface area contributed by atoms with Gasteiger partial charge < -0.3 is 10.1 Å². The lowest BCUT2D eigenvalue weighted by molar-refractivity contribution is -0.124. The molecule has 1 N–H and O–H groups in total. The molecule has 2 aromatic rings. The summed E-state index contributed by atoms with van der Waals surface area (Å²) >= 11 is 0. The van der Waals surface area contributed by atoms with Gasteiger partial charge in [-0.1, -0.05) is 30.4 Å². The van der Waals surface area contributed by atoms with Gasteiger partial charge in [-0.2, -0.15) is 0 Å². The summed E-state index contributed by atoms with van der Waals surface area (Å²) in [7, 11) is 1.54. The molecule has 2 aromatic carbocycles. The third kappa shape index (κ3) is 2.60. The number of para-hydroxylation sites is 2. The summed E-state index contributed by atoms with van der Waals surface area (Å²) in [6.07, 6.45) is 5.45. The molecule has 1 saturated heterocycles. The van der Waals surface area contributed by atoms with Crippen molar-refractivity contribution in [1.29, 1.82) is 0 Å². The third-order valence-electron chi connectivity index (χ3n) is 7.38. The monoisotopic (exact) mass is 414 g/mol. The molecule has 0 spiro atoms. The molecule has 0 aromatic heterocycles. The molecule has 6 atom stereocenters. The number of nitrogens with zero attached hydrogens (tertiary/aromatic N) is 1. The number of carbonyl (C=O) groups is 3. The Morgan fingerprint density at radius 2 is 1.65 bits per heavy atom. The molecule has 7 rings (SSSR count). The van der Waals surface area contributed by atoms with Gasteiger partial charge in [-0.25, -0.2) is 4.90 Å². The number of allylic oxidation sites excluding steroid dienone is 2. The Hall–Kier alpha value is -3.41. The molecule has 4 aliphatic carbocycles. The first-order chi connectivity index (χ1) is 15.1. The number of rotatable bonds is 4. The largest absolute Gasteiger partial charge is 0.495 e. The molecule has 6 heteroatoms. The summed E-state index contributed by atoms with van der Waals surface area (Å²) in [5.74, 6) is 0.959. The van der Waals surface area contributed by atoms with E-state index in [9.17, 15) is 14.4 Å². The highest BCUT2D eigenvalue weighted by molar-refractivity contribution is 6.23. The molecule has 1 heterocycles. The zero-order valence-electron chi connectivity index (χ0n) is 17.0. The van der Waals surface area contributed by atoms with Gasteiger partial charge in [0.2, 0.25) is 11.8 Å². The lowest BCUT2D eigenvalue weighted by Crippen LogP contribution is -2.40. The molecule has 3 fully saturated rings. The molecule has 0 radical (unpaired) electrons. The quantitative estimate of drug-likeness (QED) is 0.614. The molecule has 5 aliphatic rings. The van der Waals surface area contributed by atoms with Gasteiger partial charge in [-0.3, -0.25) is 14.4 Å². The number of imide groups is 1. The molecular weight excluding hydrogens is 392 g/mol. The predicted octanol–water partition coefficient (Wildman–Crippen LogP) is 3.51. The number of benzene rings is 2. The summed E-state index contributed by atoms with van der Waals surface area (Å²) in [6.45, 7) is 0. The molecular formula is C25H22N2O4. The first-order valence-corrected chi connectivity index (χ1v) is 10.7. The van der Waals surface area contributed by atoms with E-state index in [1.165, 1.54) is 4.90 Å². The van der Waals surface area contributed by atoms with E-state index >= 15 is 0 Å². The fourth-order valence-electron chi connectivity index (χ4n) is 5.94. The van der Waals surface area contributed by atoms with E-state index in [0.717, 1.165) is 6.42 Å². The van der Waals surface area contributed by atoms with Gasteiger partial charge in [0, 0.05) is 5.56 Å². The van der Waals surface area contributed by atoms with Crippen LogP contribution in [0.15, 0.2) is 60.7 Å². The number of methoxy groups -OCH3 is 1. The van der Waals surface area contributed by atoms with Gasteiger partial charge in [-0.15, -0.1) is 0 Å². The van der Waals surface area contributed by atoms with Crippen LogP contribution in [-0.2, 0) is 9.59 Å². The van der Waals surface area contributed by atoms with Crippen molar-refractivity contribution < 1.29 is 19.1 Å². The van der Waals surface area contributed by atoms with Crippen molar-refractivity contribution in [2.24, 2.45) is 35.5 Å². The van der Waals surface area contributed by atoms with E-state index in [1.54, 1.807) is 43.5 Å². The first-order valence-electron chi connectivity index (χ1n) is 10.7. The highest BCUT2D eigenvalue weighted by atomic mass is 16.5. The molecule has 31 heavy (non-hydrogen) atoms. The molecule has 6 nitrogen and oxygen atoms in total. The molecule has 2 bridgehead atoms. The van der Waals surface area contributed by atoms with E-state index in [-0.39, 0.29) is 41.4 Å². The normalized spacial score (nSPS) is 32.0. The maximum absolute atomic E-state index is 13.3. The Kier molecular flexibility index (Phi) is 3.88. The van der Waals surface area contributed by atoms with Crippen molar-refractivity contribution in [3.8, 4) is 5.75 Å². The van der Waals surface area contributed by atoms with Gasteiger partial charge in [0.25, 0.3) is 5.91 Å². The van der Waals surface area contributed by atoms with E-state index in [2.05, 4.69) is 17.5 Å². The second-order valence-corrected chi connectivity index (χ2v) is 8.87. The highest BCUT2D eigenvalue weighted by Gasteiger charge is 2.67. The summed E-state index contributed by atoms with van der Waals surface area (Å²) < 4.78 is 5.29. The van der Waals surface area contributed by atoms with Crippen LogP contribution < -0.4 is 15.0 Å². The van der Waals surface area contributed by atoms with Crippen LogP contribution in [0.2, 0.25) is 0 Å². The van der Waals surface area contributed by atoms with Crippen molar-refractivity contribution in [2.75, 3.05) is 17.3 Å². The maximum Gasteiger partial charge on any atom is 0.255 e. The minimum Gasteiger partial charge on any atom is -0.495 e. The first kappa shape index (κ1) is 18.4. The number of amides is 3. The van der Waals surface area contributed by atoms with Crippen molar-refractivity contribution in [3.63, 3.8) is 0 Å². The minimum absolute atomic E-state index is 0.123. The van der Waals surface area contributed by atoms with E-state index in [4.69, 9.17) is 4.74 Å². The molecule has 2 saturated carbocycles. The van der Waals surface area contributed by atoms with Gasteiger partial charge in [0.1, 0.15) is 5.75 Å². The van der Waals surface area contributed by atoms with Crippen LogP contribution in [-0.4, -0.2) is 24.8 Å². The zero-order chi connectivity index (χ0) is 21.3. The lowest BCUT2D eigenvalue weighted by Gasteiger charge is -2.37. The molecule has 0 unspecified atom stereocenters.